The maximum absolute atomic E-state index is 12.6. The molecule has 27 heavy (non-hydrogen) atoms. The van der Waals surface area contributed by atoms with Crippen molar-refractivity contribution < 1.29 is 18.0 Å². The van der Waals surface area contributed by atoms with Gasteiger partial charge in [-0.25, -0.2) is 23.1 Å². The molecule has 0 aliphatic rings. The van der Waals surface area contributed by atoms with E-state index in [1.807, 2.05) is 6.92 Å². The molecule has 2 heterocycles. The van der Waals surface area contributed by atoms with Crippen LogP contribution >= 0.6 is 0 Å². The Hall–Kier alpha value is -2.78. The van der Waals surface area contributed by atoms with Crippen LogP contribution in [0, 0.1) is 6.92 Å². The van der Waals surface area contributed by atoms with Crippen molar-refractivity contribution in [2.75, 3.05) is 19.9 Å². The zero-order valence-corrected chi connectivity index (χ0v) is 16.1. The Balaban J connectivity index is 1.91. The first-order valence-corrected chi connectivity index (χ1v) is 9.92. The molecule has 9 heteroatoms. The summed E-state index contributed by atoms with van der Waals surface area (Å²) < 4.78 is 26.6. The van der Waals surface area contributed by atoms with Crippen LogP contribution in [0.3, 0.4) is 0 Å². The second kappa shape index (κ2) is 7.45. The largest absolute Gasteiger partial charge is 0.298 e. The lowest BCUT2D eigenvalue weighted by atomic mass is 10.2. The third kappa shape index (κ3) is 3.83. The fourth-order valence-corrected chi connectivity index (χ4v) is 3.83. The van der Waals surface area contributed by atoms with Gasteiger partial charge in [0, 0.05) is 13.2 Å². The number of rotatable bonds is 6. The Morgan fingerprint density at radius 2 is 1.93 bits per heavy atom. The molecule has 0 aliphatic heterocycles. The Morgan fingerprint density at radius 3 is 2.59 bits per heavy atom. The minimum Gasteiger partial charge on any atom is -0.274 e. The molecule has 0 N–H and O–H groups in total. The fourth-order valence-electron chi connectivity index (χ4n) is 2.63. The lowest BCUT2D eigenvalue weighted by Crippen LogP contribution is -2.26. The normalized spacial score (nSPS) is 11.7. The number of benzene rings is 1. The van der Waals surface area contributed by atoms with E-state index >= 15 is 0 Å². The highest BCUT2D eigenvalue weighted by Gasteiger charge is 2.22. The van der Waals surface area contributed by atoms with Crippen molar-refractivity contribution in [1.82, 2.24) is 19.8 Å². The van der Waals surface area contributed by atoms with Crippen molar-refractivity contribution in [3.63, 3.8) is 0 Å². The first-order chi connectivity index (χ1) is 12.8. The predicted octanol–water partition coefficient (Wildman–Crippen LogP) is 1.85. The van der Waals surface area contributed by atoms with Crippen molar-refractivity contribution in [3.8, 4) is 0 Å². The van der Waals surface area contributed by atoms with Crippen molar-refractivity contribution >= 4 is 26.8 Å². The molecule has 0 spiro atoms. The van der Waals surface area contributed by atoms with Gasteiger partial charge in [-0.15, -0.1) is 0 Å². The van der Waals surface area contributed by atoms with Crippen LogP contribution in [0.1, 0.15) is 16.1 Å². The smallest absolute Gasteiger partial charge is 0.274 e. The van der Waals surface area contributed by atoms with Crippen LogP contribution < -0.4 is 0 Å². The fraction of sp³-hybridized carbons (Fsp3) is 0.278. The highest BCUT2D eigenvalue weighted by Crippen LogP contribution is 2.19. The molecule has 8 nitrogen and oxygen atoms in total. The van der Waals surface area contributed by atoms with E-state index in [0.717, 1.165) is 10.6 Å². The summed E-state index contributed by atoms with van der Waals surface area (Å²) in [7, 11) is -0.628. The number of carbonyl (C=O) groups excluding carboxylic acids is 1. The number of amides is 1. The average Bonchev–Trinajstić information content (AvgIpc) is 3.04. The lowest BCUT2D eigenvalue weighted by Gasteiger charge is -2.11. The molecule has 0 aliphatic carbocycles. The third-order valence-electron chi connectivity index (χ3n) is 4.22. The number of nitrogens with zero attached hydrogens (tertiary/aromatic N) is 4. The Labute approximate surface area is 157 Å². The second-order valence-corrected chi connectivity index (χ2v) is 8.17. The zero-order valence-electron chi connectivity index (χ0n) is 15.3. The Bertz CT molecular complexity index is 1070. The van der Waals surface area contributed by atoms with Crippen LogP contribution in [0.4, 0.5) is 0 Å². The lowest BCUT2D eigenvalue weighted by molar-refractivity contribution is -0.0759. The molecule has 0 fully saturated rings. The maximum atomic E-state index is 12.6. The quantitative estimate of drug-likeness (QED) is 0.598. The monoisotopic (exact) mass is 388 g/mol. The summed E-state index contributed by atoms with van der Waals surface area (Å²) in [5.41, 5.74) is 1.60. The van der Waals surface area contributed by atoms with Gasteiger partial charge < -0.3 is 0 Å². The topological polar surface area (TPSA) is 94.4 Å². The van der Waals surface area contributed by atoms with Gasteiger partial charge >= 0.3 is 0 Å². The molecular formula is C18H20N4O4S. The van der Waals surface area contributed by atoms with E-state index in [1.54, 1.807) is 42.6 Å². The molecule has 0 saturated heterocycles. The van der Waals surface area contributed by atoms with Crippen molar-refractivity contribution in [1.29, 1.82) is 0 Å². The van der Waals surface area contributed by atoms with E-state index in [9.17, 15) is 13.2 Å². The van der Waals surface area contributed by atoms with Gasteiger partial charge in [-0.1, -0.05) is 17.7 Å². The molecular weight excluding hydrogens is 368 g/mol. The number of aryl methyl sites for hydroxylation is 2. The van der Waals surface area contributed by atoms with Crippen molar-refractivity contribution in [2.24, 2.45) is 0 Å². The van der Waals surface area contributed by atoms with Crippen molar-refractivity contribution in [2.45, 2.75) is 18.4 Å². The van der Waals surface area contributed by atoms with E-state index in [0.29, 0.717) is 11.0 Å². The molecule has 0 atom stereocenters. The van der Waals surface area contributed by atoms with Gasteiger partial charge in [0.05, 0.1) is 29.7 Å². The van der Waals surface area contributed by atoms with Crippen molar-refractivity contribution in [3.05, 3.63) is 53.9 Å². The first-order valence-electron chi connectivity index (χ1n) is 8.26. The molecule has 0 unspecified atom stereocenters. The predicted molar refractivity (Wildman–Crippen MR) is 99.9 cm³/mol. The molecule has 0 saturated carbocycles. The molecule has 3 aromatic rings. The number of pyridine rings is 1. The number of fused-ring (bicyclic) bond motifs is 1. The highest BCUT2D eigenvalue weighted by atomic mass is 32.2. The van der Waals surface area contributed by atoms with Crippen LogP contribution in [0.5, 0.6) is 0 Å². The standard InChI is InChI=1S/C18H20N4O4S/c1-13-6-8-14(9-7-13)27(24,25)12-11-22-17-15(5-4-10-19-17)16(20-22)18(23)21(2)26-3/h4-10H,11-12H2,1-3H3. The summed E-state index contributed by atoms with van der Waals surface area (Å²) >= 11 is 0. The maximum Gasteiger partial charge on any atom is 0.298 e. The first kappa shape index (κ1) is 19.0. The molecule has 142 valence electrons. The molecule has 3 rings (SSSR count). The summed E-state index contributed by atoms with van der Waals surface area (Å²) in [6.07, 6.45) is 1.57. The van der Waals surface area contributed by atoms with Gasteiger partial charge in [-0.3, -0.25) is 9.63 Å². The van der Waals surface area contributed by atoms with Crippen LogP contribution in [-0.4, -0.2) is 54.1 Å². The number of carbonyl (C=O) groups is 1. The summed E-state index contributed by atoms with van der Waals surface area (Å²) in [5, 5.41) is 5.89. The SMILES string of the molecule is CON(C)C(=O)c1nn(CCS(=O)(=O)c2ccc(C)cc2)c2ncccc12. The average molecular weight is 388 g/mol. The van der Waals surface area contributed by atoms with Gasteiger partial charge in [-0.05, 0) is 31.2 Å². The van der Waals surface area contributed by atoms with Crippen LogP contribution in [0.15, 0.2) is 47.5 Å². The van der Waals surface area contributed by atoms with E-state index in [4.69, 9.17) is 4.84 Å². The molecule has 1 amide bonds. The summed E-state index contributed by atoms with van der Waals surface area (Å²) in [6.45, 7) is 1.97. The van der Waals surface area contributed by atoms with Crippen LogP contribution in [0.2, 0.25) is 0 Å². The van der Waals surface area contributed by atoms with Gasteiger partial charge in [-0.2, -0.15) is 5.10 Å². The molecule has 0 radical (unpaired) electrons. The van der Waals surface area contributed by atoms with Crippen LogP contribution in [-0.2, 0) is 21.2 Å². The van der Waals surface area contributed by atoms with E-state index in [1.165, 1.54) is 18.8 Å². The van der Waals surface area contributed by atoms with Gasteiger partial charge in [0.15, 0.2) is 21.2 Å². The van der Waals surface area contributed by atoms with Crippen LogP contribution in [0.25, 0.3) is 11.0 Å². The Morgan fingerprint density at radius 1 is 1.22 bits per heavy atom. The third-order valence-corrected chi connectivity index (χ3v) is 5.93. The number of hydroxylamine groups is 2. The summed E-state index contributed by atoms with van der Waals surface area (Å²) in [5.74, 6) is -0.590. The number of sulfone groups is 1. The molecule has 1 aromatic carbocycles. The van der Waals surface area contributed by atoms with Gasteiger partial charge in [0.1, 0.15) is 0 Å². The zero-order chi connectivity index (χ0) is 19.6. The number of aromatic nitrogens is 3. The van der Waals surface area contributed by atoms with E-state index in [2.05, 4.69) is 10.1 Å². The number of hydrogen-bond donors (Lipinski definition) is 0. The van der Waals surface area contributed by atoms with Gasteiger partial charge in [0.2, 0.25) is 0 Å². The molecule has 2 aromatic heterocycles. The Kier molecular flexibility index (Phi) is 5.24. The highest BCUT2D eigenvalue weighted by molar-refractivity contribution is 7.91. The van der Waals surface area contributed by atoms with E-state index in [-0.39, 0.29) is 22.9 Å². The minimum atomic E-state index is -3.48. The summed E-state index contributed by atoms with van der Waals surface area (Å²) in [4.78, 5) is 21.9. The molecule has 0 bridgehead atoms. The number of hydrogen-bond acceptors (Lipinski definition) is 6. The second-order valence-electron chi connectivity index (χ2n) is 6.06. The van der Waals surface area contributed by atoms with Gasteiger partial charge in [0.25, 0.3) is 5.91 Å². The minimum absolute atomic E-state index is 0.0771. The summed E-state index contributed by atoms with van der Waals surface area (Å²) in [6, 6.07) is 10.1. The van der Waals surface area contributed by atoms with E-state index < -0.39 is 15.7 Å².